The standard InChI is InChI=1S/C22H22ClF2N5O/c23-14-8-6-13(7-9-14)19-20(28-22(31)27-16-4-2-1-3-5-16)21(26)30(29-19)18-12-15(24)10-11-17(18)25/h6-12,16H,1-5,26H2,(H2,27,28,31). The fraction of sp³-hybridized carbons (Fsp3) is 0.273. The molecule has 0 saturated heterocycles. The molecule has 1 heterocycles. The molecular weight excluding hydrogens is 424 g/mol. The summed E-state index contributed by atoms with van der Waals surface area (Å²) >= 11 is 5.98. The van der Waals surface area contributed by atoms with Crippen molar-refractivity contribution in [2.24, 2.45) is 0 Å². The van der Waals surface area contributed by atoms with Gasteiger partial charge in [0.2, 0.25) is 0 Å². The lowest BCUT2D eigenvalue weighted by Gasteiger charge is -2.22. The summed E-state index contributed by atoms with van der Waals surface area (Å²) in [5.74, 6) is -1.35. The van der Waals surface area contributed by atoms with Gasteiger partial charge in [-0.15, -0.1) is 0 Å². The monoisotopic (exact) mass is 445 g/mol. The average molecular weight is 446 g/mol. The molecule has 0 radical (unpaired) electrons. The third-order valence-electron chi connectivity index (χ3n) is 5.35. The van der Waals surface area contributed by atoms with E-state index in [1.165, 1.54) is 6.42 Å². The van der Waals surface area contributed by atoms with Gasteiger partial charge in [-0.1, -0.05) is 43.0 Å². The molecule has 31 heavy (non-hydrogen) atoms. The summed E-state index contributed by atoms with van der Waals surface area (Å²) in [6.07, 6.45) is 5.14. The van der Waals surface area contributed by atoms with E-state index in [9.17, 15) is 13.6 Å². The van der Waals surface area contributed by atoms with Gasteiger partial charge in [-0.25, -0.2) is 18.3 Å². The second kappa shape index (κ2) is 8.93. The predicted octanol–water partition coefficient (Wildman–Crippen LogP) is 5.51. The summed E-state index contributed by atoms with van der Waals surface area (Å²) < 4.78 is 29.3. The maximum atomic E-state index is 14.4. The normalized spacial score (nSPS) is 14.4. The van der Waals surface area contributed by atoms with Gasteiger partial charge in [-0.05, 0) is 37.1 Å². The number of urea groups is 1. The molecule has 162 valence electrons. The number of nitrogens with two attached hydrogens (primary N) is 1. The van der Waals surface area contributed by atoms with Gasteiger partial charge in [0, 0.05) is 22.7 Å². The molecule has 0 bridgehead atoms. The lowest BCUT2D eigenvalue weighted by Crippen LogP contribution is -2.39. The molecule has 4 N–H and O–H groups in total. The zero-order valence-corrected chi connectivity index (χ0v) is 17.4. The Kier molecular flexibility index (Phi) is 6.08. The Balaban J connectivity index is 1.72. The molecule has 0 aliphatic heterocycles. The van der Waals surface area contributed by atoms with Gasteiger partial charge in [0.15, 0.2) is 5.82 Å². The number of amides is 2. The quantitative estimate of drug-likeness (QED) is 0.495. The van der Waals surface area contributed by atoms with Gasteiger partial charge in [-0.3, -0.25) is 0 Å². The number of aromatic nitrogens is 2. The predicted molar refractivity (Wildman–Crippen MR) is 117 cm³/mol. The van der Waals surface area contributed by atoms with Gasteiger partial charge < -0.3 is 16.4 Å². The minimum atomic E-state index is -0.698. The van der Waals surface area contributed by atoms with Crippen molar-refractivity contribution in [1.29, 1.82) is 0 Å². The van der Waals surface area contributed by atoms with Gasteiger partial charge >= 0.3 is 6.03 Å². The smallest absolute Gasteiger partial charge is 0.319 e. The third kappa shape index (κ3) is 4.64. The third-order valence-corrected chi connectivity index (χ3v) is 5.61. The number of nitrogen functional groups attached to an aromatic ring is 1. The van der Waals surface area contributed by atoms with E-state index >= 15 is 0 Å². The van der Waals surface area contributed by atoms with Crippen LogP contribution in [0, 0.1) is 11.6 Å². The van der Waals surface area contributed by atoms with Crippen LogP contribution < -0.4 is 16.4 Å². The maximum Gasteiger partial charge on any atom is 0.319 e. The van der Waals surface area contributed by atoms with Crippen LogP contribution >= 0.6 is 11.6 Å². The number of hydrogen-bond donors (Lipinski definition) is 3. The largest absolute Gasteiger partial charge is 0.382 e. The fourth-order valence-electron chi connectivity index (χ4n) is 3.78. The van der Waals surface area contributed by atoms with Gasteiger partial charge in [0.25, 0.3) is 0 Å². The molecule has 4 rings (SSSR count). The number of carbonyl (C=O) groups is 1. The van der Waals surface area contributed by atoms with Crippen molar-refractivity contribution in [3.05, 3.63) is 59.1 Å². The molecule has 0 unspecified atom stereocenters. The number of nitrogens with one attached hydrogen (secondary N) is 2. The first-order valence-electron chi connectivity index (χ1n) is 10.1. The molecule has 1 aliphatic carbocycles. The van der Waals surface area contributed by atoms with Gasteiger partial charge in [-0.2, -0.15) is 5.10 Å². The highest BCUT2D eigenvalue weighted by atomic mass is 35.5. The second-order valence-corrected chi connectivity index (χ2v) is 7.99. The van der Waals surface area contributed by atoms with E-state index in [2.05, 4.69) is 15.7 Å². The van der Waals surface area contributed by atoms with Crippen LogP contribution in [0.4, 0.5) is 25.1 Å². The highest BCUT2D eigenvalue weighted by Gasteiger charge is 2.23. The minimum Gasteiger partial charge on any atom is -0.382 e. The molecular formula is C22H22ClF2N5O. The number of benzene rings is 2. The van der Waals surface area contributed by atoms with E-state index in [4.69, 9.17) is 17.3 Å². The zero-order chi connectivity index (χ0) is 22.0. The molecule has 1 fully saturated rings. The van der Waals surface area contributed by atoms with Crippen molar-refractivity contribution in [3.8, 4) is 16.9 Å². The van der Waals surface area contributed by atoms with E-state index in [0.717, 1.165) is 48.6 Å². The topological polar surface area (TPSA) is 85.0 Å². The summed E-state index contributed by atoms with van der Waals surface area (Å²) in [6.45, 7) is 0. The van der Waals surface area contributed by atoms with Crippen LogP contribution in [0.25, 0.3) is 16.9 Å². The van der Waals surface area contributed by atoms with Crippen LogP contribution in [-0.2, 0) is 0 Å². The first-order valence-corrected chi connectivity index (χ1v) is 10.5. The Hall–Kier alpha value is -3.13. The van der Waals surface area contributed by atoms with Crippen LogP contribution in [0.1, 0.15) is 32.1 Å². The number of hydrogen-bond acceptors (Lipinski definition) is 3. The first-order chi connectivity index (χ1) is 14.9. The summed E-state index contributed by atoms with van der Waals surface area (Å²) in [4.78, 5) is 12.7. The van der Waals surface area contributed by atoms with Crippen molar-refractivity contribution in [1.82, 2.24) is 15.1 Å². The Morgan fingerprint density at radius 2 is 1.81 bits per heavy atom. The number of carbonyl (C=O) groups excluding carboxylic acids is 1. The van der Waals surface area contributed by atoms with Crippen LogP contribution in [-0.4, -0.2) is 21.9 Å². The maximum absolute atomic E-state index is 14.4. The van der Waals surface area contributed by atoms with Crippen LogP contribution in [0.5, 0.6) is 0 Å². The van der Waals surface area contributed by atoms with Crippen molar-refractivity contribution in [3.63, 3.8) is 0 Å². The van der Waals surface area contributed by atoms with Gasteiger partial charge in [0.1, 0.15) is 28.7 Å². The van der Waals surface area contributed by atoms with E-state index in [1.54, 1.807) is 24.3 Å². The van der Waals surface area contributed by atoms with Crippen molar-refractivity contribution < 1.29 is 13.6 Å². The van der Waals surface area contributed by atoms with Crippen LogP contribution in [0.15, 0.2) is 42.5 Å². The van der Waals surface area contributed by atoms with Crippen molar-refractivity contribution in [2.45, 2.75) is 38.1 Å². The summed E-state index contributed by atoms with van der Waals surface area (Å²) in [7, 11) is 0. The minimum absolute atomic E-state index is 0.0201. The first kappa shape index (κ1) is 21.1. The van der Waals surface area contributed by atoms with Crippen LogP contribution in [0.3, 0.4) is 0 Å². The number of rotatable bonds is 4. The fourth-order valence-corrected chi connectivity index (χ4v) is 3.90. The van der Waals surface area contributed by atoms with E-state index < -0.39 is 17.7 Å². The highest BCUT2D eigenvalue weighted by Crippen LogP contribution is 2.35. The molecule has 1 saturated carbocycles. The lowest BCUT2D eigenvalue weighted by molar-refractivity contribution is 0.244. The van der Waals surface area contributed by atoms with E-state index in [1.807, 2.05) is 0 Å². The Bertz CT molecular complexity index is 1090. The Morgan fingerprint density at radius 3 is 2.52 bits per heavy atom. The summed E-state index contributed by atoms with van der Waals surface area (Å²) in [6, 6.07) is 9.42. The molecule has 0 spiro atoms. The van der Waals surface area contributed by atoms with Crippen LogP contribution in [0.2, 0.25) is 5.02 Å². The highest BCUT2D eigenvalue weighted by molar-refractivity contribution is 6.30. The second-order valence-electron chi connectivity index (χ2n) is 7.56. The molecule has 6 nitrogen and oxygen atoms in total. The molecule has 1 aromatic heterocycles. The van der Waals surface area contributed by atoms with Crippen molar-refractivity contribution in [2.75, 3.05) is 11.1 Å². The Labute approximate surface area is 183 Å². The van der Waals surface area contributed by atoms with Crippen molar-refractivity contribution >= 4 is 29.1 Å². The average Bonchev–Trinajstić information content (AvgIpc) is 3.07. The SMILES string of the molecule is Nc1c(NC(=O)NC2CCCCC2)c(-c2ccc(Cl)cc2)nn1-c1cc(F)ccc1F. The van der Waals surface area contributed by atoms with E-state index in [-0.39, 0.29) is 23.2 Å². The van der Waals surface area contributed by atoms with E-state index in [0.29, 0.717) is 16.3 Å². The number of halogens is 3. The molecule has 0 atom stereocenters. The summed E-state index contributed by atoms with van der Waals surface area (Å²) in [5.41, 5.74) is 7.22. The molecule has 2 amide bonds. The number of anilines is 2. The molecule has 3 aromatic rings. The zero-order valence-electron chi connectivity index (χ0n) is 16.7. The molecule has 2 aromatic carbocycles. The molecule has 9 heteroatoms. The van der Waals surface area contributed by atoms with Gasteiger partial charge in [0.05, 0.1) is 0 Å². The molecule has 1 aliphatic rings. The summed E-state index contributed by atoms with van der Waals surface area (Å²) in [5, 5.41) is 10.6. The number of nitrogens with zero attached hydrogens (tertiary/aromatic N) is 2. The lowest BCUT2D eigenvalue weighted by atomic mass is 9.96. The Morgan fingerprint density at radius 1 is 1.10 bits per heavy atom.